The lowest BCUT2D eigenvalue weighted by Crippen LogP contribution is -2.40. The molecule has 0 fully saturated rings. The summed E-state index contributed by atoms with van der Waals surface area (Å²) in [6, 6.07) is 0. The van der Waals surface area contributed by atoms with Gasteiger partial charge in [-0.15, -0.1) is 0 Å². The Labute approximate surface area is 65.7 Å². The van der Waals surface area contributed by atoms with E-state index < -0.39 is 11.9 Å². The molecule has 1 rings (SSSR count). The van der Waals surface area contributed by atoms with Crippen LogP contribution in [0.1, 0.15) is 20.8 Å². The third-order valence-electron chi connectivity index (χ3n) is 1.90. The van der Waals surface area contributed by atoms with Crippen molar-refractivity contribution in [1.82, 2.24) is 0 Å². The number of carbonyl (C=O) groups is 1. The van der Waals surface area contributed by atoms with Gasteiger partial charge in [-0.3, -0.25) is 4.79 Å². The molecule has 1 heterocycles. The minimum Gasteiger partial charge on any atom is -0.362 e. The van der Waals surface area contributed by atoms with Crippen LogP contribution in [0.15, 0.2) is 11.6 Å². The molecule has 11 heavy (non-hydrogen) atoms. The Morgan fingerprint density at radius 1 is 1.73 bits per heavy atom. The minimum atomic E-state index is -1.27. The Balaban J connectivity index is 2.95. The van der Waals surface area contributed by atoms with Gasteiger partial charge in [-0.25, -0.2) is 0 Å². The van der Waals surface area contributed by atoms with Crippen molar-refractivity contribution < 1.29 is 14.6 Å². The molecule has 2 atom stereocenters. The average molecular weight is 156 g/mol. The summed E-state index contributed by atoms with van der Waals surface area (Å²) in [5, 5.41) is 9.49. The SMILES string of the molecule is CC1=CC(=O)[C@H](C)OC1(C)O. The van der Waals surface area contributed by atoms with Gasteiger partial charge in [0.1, 0.15) is 6.10 Å². The molecular formula is C8H12O3. The zero-order valence-electron chi connectivity index (χ0n) is 6.92. The molecule has 1 N–H and O–H groups in total. The molecule has 0 amide bonds. The Morgan fingerprint density at radius 3 is 2.73 bits per heavy atom. The monoisotopic (exact) mass is 156 g/mol. The fourth-order valence-electron chi connectivity index (χ4n) is 0.960. The summed E-state index contributed by atoms with van der Waals surface area (Å²) >= 11 is 0. The van der Waals surface area contributed by atoms with Crippen LogP contribution in [0.2, 0.25) is 0 Å². The molecule has 0 aromatic rings. The lowest BCUT2D eigenvalue weighted by Gasteiger charge is -2.31. The Hall–Kier alpha value is -0.670. The van der Waals surface area contributed by atoms with Crippen molar-refractivity contribution in [1.29, 1.82) is 0 Å². The number of ether oxygens (including phenoxy) is 1. The minimum absolute atomic E-state index is 0.0889. The van der Waals surface area contributed by atoms with Gasteiger partial charge in [-0.05, 0) is 32.4 Å². The van der Waals surface area contributed by atoms with E-state index in [0.717, 1.165) is 0 Å². The predicted molar refractivity (Wildman–Crippen MR) is 39.9 cm³/mol. The maximum absolute atomic E-state index is 11.0. The van der Waals surface area contributed by atoms with E-state index >= 15 is 0 Å². The number of ketones is 1. The molecular weight excluding hydrogens is 144 g/mol. The first-order valence-corrected chi connectivity index (χ1v) is 3.56. The van der Waals surface area contributed by atoms with E-state index in [1.807, 2.05) is 0 Å². The molecule has 0 bridgehead atoms. The van der Waals surface area contributed by atoms with Gasteiger partial charge in [0, 0.05) is 0 Å². The van der Waals surface area contributed by atoms with E-state index in [1.165, 1.54) is 13.0 Å². The fraction of sp³-hybridized carbons (Fsp3) is 0.625. The van der Waals surface area contributed by atoms with Crippen molar-refractivity contribution >= 4 is 5.78 Å². The molecule has 0 radical (unpaired) electrons. The number of carbonyl (C=O) groups excluding carboxylic acids is 1. The topological polar surface area (TPSA) is 46.5 Å². The second-order valence-corrected chi connectivity index (χ2v) is 2.97. The summed E-state index contributed by atoms with van der Waals surface area (Å²) in [6.45, 7) is 4.82. The Bertz CT molecular complexity index is 215. The van der Waals surface area contributed by atoms with Crippen LogP contribution in [0.4, 0.5) is 0 Å². The molecule has 62 valence electrons. The zero-order valence-corrected chi connectivity index (χ0v) is 6.92. The molecule has 1 aliphatic heterocycles. The van der Waals surface area contributed by atoms with Crippen molar-refractivity contribution in [2.75, 3.05) is 0 Å². The van der Waals surface area contributed by atoms with Crippen molar-refractivity contribution in [2.45, 2.75) is 32.7 Å². The molecule has 0 aliphatic carbocycles. The summed E-state index contributed by atoms with van der Waals surface area (Å²) in [5.41, 5.74) is 0.556. The van der Waals surface area contributed by atoms with E-state index in [-0.39, 0.29) is 5.78 Å². The van der Waals surface area contributed by atoms with E-state index in [9.17, 15) is 9.90 Å². The molecule has 0 spiro atoms. The number of aliphatic hydroxyl groups is 1. The largest absolute Gasteiger partial charge is 0.362 e. The predicted octanol–water partition coefficient (Wildman–Crippen LogP) is 0.629. The quantitative estimate of drug-likeness (QED) is 0.559. The Kier molecular flexibility index (Phi) is 1.86. The fourth-order valence-corrected chi connectivity index (χ4v) is 0.960. The van der Waals surface area contributed by atoms with Gasteiger partial charge in [0.05, 0.1) is 0 Å². The maximum atomic E-state index is 11.0. The molecule has 0 aromatic carbocycles. The zero-order chi connectivity index (χ0) is 8.65. The van der Waals surface area contributed by atoms with E-state index in [2.05, 4.69) is 0 Å². The van der Waals surface area contributed by atoms with Gasteiger partial charge in [0.2, 0.25) is 0 Å². The van der Waals surface area contributed by atoms with Crippen LogP contribution in [-0.4, -0.2) is 22.8 Å². The van der Waals surface area contributed by atoms with Gasteiger partial charge in [0.15, 0.2) is 11.6 Å². The highest BCUT2D eigenvalue weighted by Gasteiger charge is 2.33. The second-order valence-electron chi connectivity index (χ2n) is 2.97. The first kappa shape index (κ1) is 8.43. The van der Waals surface area contributed by atoms with Gasteiger partial charge in [-0.2, -0.15) is 0 Å². The second kappa shape index (κ2) is 2.43. The molecule has 0 saturated carbocycles. The van der Waals surface area contributed by atoms with Crippen LogP contribution in [0.5, 0.6) is 0 Å². The van der Waals surface area contributed by atoms with E-state index in [4.69, 9.17) is 4.74 Å². The van der Waals surface area contributed by atoms with Crippen molar-refractivity contribution in [3.05, 3.63) is 11.6 Å². The highest BCUT2D eigenvalue weighted by molar-refractivity contribution is 5.94. The summed E-state index contributed by atoms with van der Waals surface area (Å²) in [4.78, 5) is 11.0. The van der Waals surface area contributed by atoms with Gasteiger partial charge >= 0.3 is 0 Å². The lowest BCUT2D eigenvalue weighted by molar-refractivity contribution is -0.195. The van der Waals surface area contributed by atoms with Crippen LogP contribution >= 0.6 is 0 Å². The van der Waals surface area contributed by atoms with Gasteiger partial charge in [0.25, 0.3) is 0 Å². The maximum Gasteiger partial charge on any atom is 0.186 e. The average Bonchev–Trinajstić information content (AvgIpc) is 1.83. The third kappa shape index (κ3) is 1.49. The van der Waals surface area contributed by atoms with E-state index in [0.29, 0.717) is 5.57 Å². The van der Waals surface area contributed by atoms with Crippen LogP contribution in [-0.2, 0) is 9.53 Å². The van der Waals surface area contributed by atoms with Crippen molar-refractivity contribution in [3.8, 4) is 0 Å². The number of hydrogen-bond acceptors (Lipinski definition) is 3. The smallest absolute Gasteiger partial charge is 0.186 e. The lowest BCUT2D eigenvalue weighted by atomic mass is 10.0. The summed E-state index contributed by atoms with van der Waals surface area (Å²) in [7, 11) is 0. The van der Waals surface area contributed by atoms with Crippen LogP contribution < -0.4 is 0 Å². The summed E-state index contributed by atoms with van der Waals surface area (Å²) in [5.74, 6) is -1.36. The highest BCUT2D eigenvalue weighted by Crippen LogP contribution is 2.24. The first-order chi connectivity index (χ1) is 4.93. The van der Waals surface area contributed by atoms with E-state index in [1.54, 1.807) is 13.8 Å². The van der Waals surface area contributed by atoms with Gasteiger partial charge < -0.3 is 9.84 Å². The third-order valence-corrected chi connectivity index (χ3v) is 1.90. The molecule has 3 nitrogen and oxygen atoms in total. The molecule has 3 heteroatoms. The highest BCUT2D eigenvalue weighted by atomic mass is 16.6. The van der Waals surface area contributed by atoms with Crippen LogP contribution in [0.25, 0.3) is 0 Å². The van der Waals surface area contributed by atoms with Crippen LogP contribution in [0.3, 0.4) is 0 Å². The first-order valence-electron chi connectivity index (χ1n) is 3.56. The Morgan fingerprint density at radius 2 is 2.27 bits per heavy atom. The summed E-state index contributed by atoms with van der Waals surface area (Å²) in [6.07, 6.45) is 0.891. The van der Waals surface area contributed by atoms with Gasteiger partial charge in [-0.1, -0.05) is 0 Å². The van der Waals surface area contributed by atoms with Crippen molar-refractivity contribution in [2.24, 2.45) is 0 Å². The van der Waals surface area contributed by atoms with Crippen molar-refractivity contribution in [3.63, 3.8) is 0 Å². The molecule has 1 aliphatic rings. The normalized spacial score (nSPS) is 38.7. The summed E-state index contributed by atoms with van der Waals surface area (Å²) < 4.78 is 5.04. The molecule has 0 aromatic heterocycles. The molecule has 0 saturated heterocycles. The molecule has 1 unspecified atom stereocenters. The number of rotatable bonds is 0. The van der Waals surface area contributed by atoms with Crippen LogP contribution in [0, 0.1) is 0 Å². The number of hydrogen-bond donors (Lipinski definition) is 1. The standard InChI is InChI=1S/C8H12O3/c1-5-4-7(9)6(2)11-8(5,3)10/h4,6,10H,1-3H3/t6-,8?/m0/s1.